The summed E-state index contributed by atoms with van der Waals surface area (Å²) in [7, 11) is 0. The Morgan fingerprint density at radius 1 is 1.27 bits per heavy atom. The minimum Gasteiger partial charge on any atom is -0.396 e. The highest BCUT2D eigenvalue weighted by molar-refractivity contribution is 5.95. The summed E-state index contributed by atoms with van der Waals surface area (Å²) in [5, 5.41) is 17.8. The standard InChI is InChI=1S/C21H25N3O2/c25-13-21(11-14-5-2-1-3-6-14)12-15-9-10-18(21)24(15)20(26)19-16-7-4-8-17(16)22-23-19/h1-3,5-6,15,18,25H,4,7-13H2,(H,22,23)/t15-,18+,21-/m1/s1. The van der Waals surface area contributed by atoms with Crippen LogP contribution in [0, 0.1) is 5.41 Å². The molecule has 2 aliphatic heterocycles. The molecule has 2 N–H and O–H groups in total. The van der Waals surface area contributed by atoms with Crippen LogP contribution in [0.25, 0.3) is 0 Å². The van der Waals surface area contributed by atoms with Crippen molar-refractivity contribution >= 4 is 5.91 Å². The maximum absolute atomic E-state index is 13.3. The summed E-state index contributed by atoms with van der Waals surface area (Å²) in [4.78, 5) is 15.4. The third-order valence-electron chi connectivity index (χ3n) is 6.81. The van der Waals surface area contributed by atoms with Crippen molar-refractivity contribution in [2.24, 2.45) is 5.41 Å². The van der Waals surface area contributed by atoms with Gasteiger partial charge in [0.25, 0.3) is 5.91 Å². The van der Waals surface area contributed by atoms with Crippen LogP contribution in [0.2, 0.25) is 0 Å². The molecule has 5 rings (SSSR count). The lowest BCUT2D eigenvalue weighted by atomic mass is 9.70. The van der Waals surface area contributed by atoms with Crippen LogP contribution >= 0.6 is 0 Å². The zero-order valence-corrected chi connectivity index (χ0v) is 14.9. The highest BCUT2D eigenvalue weighted by Crippen LogP contribution is 2.51. The van der Waals surface area contributed by atoms with E-state index < -0.39 is 0 Å². The van der Waals surface area contributed by atoms with E-state index >= 15 is 0 Å². The van der Waals surface area contributed by atoms with Gasteiger partial charge >= 0.3 is 0 Å². The van der Waals surface area contributed by atoms with Gasteiger partial charge < -0.3 is 10.0 Å². The van der Waals surface area contributed by atoms with Crippen LogP contribution in [-0.4, -0.2) is 44.8 Å². The molecule has 3 atom stereocenters. The molecule has 5 heteroatoms. The number of hydrogen-bond donors (Lipinski definition) is 2. The van der Waals surface area contributed by atoms with Gasteiger partial charge in [-0.25, -0.2) is 0 Å². The average Bonchev–Trinajstić information content (AvgIpc) is 3.41. The molecular formula is C21H25N3O2. The number of amides is 1. The van der Waals surface area contributed by atoms with E-state index in [1.807, 2.05) is 18.2 Å². The molecule has 2 aromatic rings. The zero-order valence-electron chi connectivity index (χ0n) is 14.9. The Bertz CT molecular complexity index is 831. The summed E-state index contributed by atoms with van der Waals surface area (Å²) < 4.78 is 0. The first-order valence-electron chi connectivity index (χ1n) is 9.75. The van der Waals surface area contributed by atoms with E-state index in [2.05, 4.69) is 27.2 Å². The second-order valence-electron chi connectivity index (χ2n) is 8.23. The second kappa shape index (κ2) is 5.95. The van der Waals surface area contributed by atoms with Crippen LogP contribution in [-0.2, 0) is 19.3 Å². The van der Waals surface area contributed by atoms with Gasteiger partial charge in [0.05, 0.1) is 6.61 Å². The molecule has 3 aliphatic rings. The van der Waals surface area contributed by atoms with E-state index in [4.69, 9.17) is 0 Å². The molecule has 5 nitrogen and oxygen atoms in total. The number of benzene rings is 1. The van der Waals surface area contributed by atoms with E-state index in [-0.39, 0.29) is 30.0 Å². The fourth-order valence-electron chi connectivity index (χ4n) is 5.63. The maximum Gasteiger partial charge on any atom is 0.275 e. The van der Waals surface area contributed by atoms with Gasteiger partial charge in [0.1, 0.15) is 0 Å². The van der Waals surface area contributed by atoms with Crippen molar-refractivity contribution < 1.29 is 9.90 Å². The van der Waals surface area contributed by atoms with Crippen LogP contribution < -0.4 is 0 Å². The van der Waals surface area contributed by atoms with Crippen molar-refractivity contribution in [1.82, 2.24) is 15.1 Å². The van der Waals surface area contributed by atoms with Gasteiger partial charge in [-0.15, -0.1) is 0 Å². The Balaban J connectivity index is 1.45. The Labute approximate surface area is 153 Å². The van der Waals surface area contributed by atoms with Gasteiger partial charge in [0.15, 0.2) is 5.69 Å². The number of hydrogen-bond acceptors (Lipinski definition) is 3. The van der Waals surface area contributed by atoms with Gasteiger partial charge in [0.2, 0.25) is 0 Å². The minimum atomic E-state index is -0.223. The number of carbonyl (C=O) groups is 1. The number of rotatable bonds is 4. The topological polar surface area (TPSA) is 69.2 Å². The normalized spacial score (nSPS) is 29.3. The first-order valence-corrected chi connectivity index (χ1v) is 9.75. The summed E-state index contributed by atoms with van der Waals surface area (Å²) in [6, 6.07) is 10.7. The van der Waals surface area contributed by atoms with Crippen LogP contribution in [0.5, 0.6) is 0 Å². The maximum atomic E-state index is 13.3. The number of aliphatic hydroxyl groups excluding tert-OH is 1. The van der Waals surface area contributed by atoms with Gasteiger partial charge in [-0.05, 0) is 50.5 Å². The first-order chi connectivity index (χ1) is 12.7. The van der Waals surface area contributed by atoms with Crippen molar-refractivity contribution in [3.8, 4) is 0 Å². The van der Waals surface area contributed by atoms with E-state index in [1.165, 1.54) is 5.56 Å². The van der Waals surface area contributed by atoms with Gasteiger partial charge in [0, 0.05) is 28.8 Å². The minimum absolute atomic E-state index is 0.0697. The largest absolute Gasteiger partial charge is 0.396 e. The SMILES string of the molecule is O=C(c1n[nH]c2c1CCC2)N1[C@@H]2CC[C@H]1[C@](CO)(Cc1ccccc1)C2. The molecule has 0 radical (unpaired) electrons. The number of aromatic amines is 1. The quantitative estimate of drug-likeness (QED) is 0.889. The monoisotopic (exact) mass is 351 g/mol. The number of nitrogens with one attached hydrogen (secondary N) is 1. The molecular weight excluding hydrogens is 326 g/mol. The third kappa shape index (κ3) is 2.26. The fourth-order valence-corrected chi connectivity index (χ4v) is 5.63. The molecule has 1 aliphatic carbocycles. The third-order valence-corrected chi connectivity index (χ3v) is 6.81. The fraction of sp³-hybridized carbons (Fsp3) is 0.524. The lowest BCUT2D eigenvalue weighted by molar-refractivity contribution is 0.0566. The number of fused-ring (bicyclic) bond motifs is 3. The Morgan fingerprint density at radius 3 is 2.92 bits per heavy atom. The van der Waals surface area contributed by atoms with Crippen molar-refractivity contribution in [1.29, 1.82) is 0 Å². The Hall–Kier alpha value is -2.14. The molecule has 2 fully saturated rings. The molecule has 26 heavy (non-hydrogen) atoms. The van der Waals surface area contributed by atoms with Crippen molar-refractivity contribution in [2.75, 3.05) is 6.61 Å². The van der Waals surface area contributed by atoms with Crippen LogP contribution in [0.15, 0.2) is 30.3 Å². The first kappa shape index (κ1) is 16.1. The highest BCUT2D eigenvalue weighted by Gasteiger charge is 2.57. The zero-order chi connectivity index (χ0) is 17.7. The predicted octanol–water partition coefficient (Wildman–Crippen LogP) is 2.50. The molecule has 0 unspecified atom stereocenters. The Morgan fingerprint density at radius 2 is 2.12 bits per heavy atom. The lowest BCUT2D eigenvalue weighted by Gasteiger charge is -2.36. The van der Waals surface area contributed by atoms with Crippen LogP contribution in [0.4, 0.5) is 0 Å². The van der Waals surface area contributed by atoms with E-state index in [9.17, 15) is 9.90 Å². The van der Waals surface area contributed by atoms with Gasteiger partial charge in [-0.1, -0.05) is 30.3 Å². The second-order valence-corrected chi connectivity index (χ2v) is 8.23. The van der Waals surface area contributed by atoms with Crippen LogP contribution in [0.1, 0.15) is 53.0 Å². The summed E-state index contributed by atoms with van der Waals surface area (Å²) in [5.41, 5.74) is 3.90. The van der Waals surface area contributed by atoms with Crippen LogP contribution in [0.3, 0.4) is 0 Å². The van der Waals surface area contributed by atoms with E-state index in [0.29, 0.717) is 5.69 Å². The number of H-pyrrole nitrogens is 1. The summed E-state index contributed by atoms with van der Waals surface area (Å²) >= 11 is 0. The summed E-state index contributed by atoms with van der Waals surface area (Å²) in [6.45, 7) is 0.130. The average molecular weight is 351 g/mol. The number of aromatic nitrogens is 2. The number of aryl methyl sites for hydroxylation is 1. The molecule has 1 amide bonds. The predicted molar refractivity (Wildman–Crippen MR) is 97.9 cm³/mol. The van der Waals surface area contributed by atoms with Crippen molar-refractivity contribution in [3.63, 3.8) is 0 Å². The Kier molecular flexibility index (Phi) is 3.67. The molecule has 0 saturated carbocycles. The van der Waals surface area contributed by atoms with Crippen molar-refractivity contribution in [3.05, 3.63) is 52.8 Å². The molecule has 136 valence electrons. The van der Waals surface area contributed by atoms with E-state index in [1.54, 1.807) is 0 Å². The molecule has 3 heterocycles. The van der Waals surface area contributed by atoms with Crippen molar-refractivity contribution in [2.45, 2.75) is 57.0 Å². The molecule has 1 aromatic heterocycles. The van der Waals surface area contributed by atoms with Gasteiger partial charge in [-0.2, -0.15) is 5.10 Å². The number of carbonyl (C=O) groups excluding carboxylic acids is 1. The number of aliphatic hydroxyl groups is 1. The van der Waals surface area contributed by atoms with E-state index in [0.717, 1.165) is 56.2 Å². The molecule has 2 bridgehead atoms. The molecule has 1 aromatic carbocycles. The highest BCUT2D eigenvalue weighted by atomic mass is 16.3. The lowest BCUT2D eigenvalue weighted by Crippen LogP contribution is -2.44. The summed E-state index contributed by atoms with van der Waals surface area (Å²) in [6.07, 6.45) is 6.79. The summed E-state index contributed by atoms with van der Waals surface area (Å²) in [5.74, 6) is 0.0697. The smallest absolute Gasteiger partial charge is 0.275 e. The molecule has 0 spiro atoms. The van der Waals surface area contributed by atoms with Gasteiger partial charge in [-0.3, -0.25) is 9.89 Å². The number of nitrogens with zero attached hydrogens (tertiary/aromatic N) is 2. The molecule has 2 saturated heterocycles.